The van der Waals surface area contributed by atoms with E-state index in [2.05, 4.69) is 29.4 Å². The summed E-state index contributed by atoms with van der Waals surface area (Å²) >= 11 is 0. The second-order valence-electron chi connectivity index (χ2n) is 4.48. The molecule has 3 heteroatoms. The van der Waals surface area contributed by atoms with Gasteiger partial charge in [-0.3, -0.25) is 5.10 Å². The summed E-state index contributed by atoms with van der Waals surface area (Å²) in [6.45, 7) is 5.62. The van der Waals surface area contributed by atoms with E-state index in [0.717, 1.165) is 18.4 Å². The highest BCUT2D eigenvalue weighted by Crippen LogP contribution is 2.31. The number of hydrogen-bond acceptors (Lipinski definition) is 2. The molecule has 1 aliphatic rings. The molecule has 1 aliphatic carbocycles. The maximum Gasteiger partial charge on any atom is 0.0490 e. The van der Waals surface area contributed by atoms with Crippen LogP contribution in [0.25, 0.3) is 0 Å². The maximum absolute atomic E-state index is 3.94. The van der Waals surface area contributed by atoms with Gasteiger partial charge in [-0.25, -0.2) is 0 Å². The third-order valence-electron chi connectivity index (χ3n) is 3.58. The Balaban J connectivity index is 1.81. The second kappa shape index (κ2) is 4.13. The molecule has 1 aromatic rings. The van der Waals surface area contributed by atoms with Crippen LogP contribution in [0.3, 0.4) is 0 Å². The zero-order valence-corrected chi connectivity index (χ0v) is 8.96. The van der Waals surface area contributed by atoms with Crippen LogP contribution in [0.1, 0.15) is 32.4 Å². The average molecular weight is 193 g/mol. The summed E-state index contributed by atoms with van der Waals surface area (Å²) in [6, 6.07) is 2.71. The van der Waals surface area contributed by atoms with Gasteiger partial charge in [0.2, 0.25) is 0 Å². The SMILES string of the molecule is CC1CCC(NCc2ccn[nH]2)C1C. The fourth-order valence-corrected chi connectivity index (χ4v) is 2.28. The Labute approximate surface area is 85.3 Å². The van der Waals surface area contributed by atoms with Gasteiger partial charge in [-0.2, -0.15) is 5.10 Å². The van der Waals surface area contributed by atoms with Crippen LogP contribution in [0, 0.1) is 11.8 Å². The lowest BCUT2D eigenvalue weighted by Gasteiger charge is -2.19. The smallest absolute Gasteiger partial charge is 0.0490 e. The van der Waals surface area contributed by atoms with Crippen molar-refractivity contribution in [3.8, 4) is 0 Å². The molecule has 2 rings (SSSR count). The minimum absolute atomic E-state index is 0.688. The Kier molecular flexibility index (Phi) is 2.87. The van der Waals surface area contributed by atoms with Crippen molar-refractivity contribution < 1.29 is 0 Å². The third kappa shape index (κ3) is 1.98. The van der Waals surface area contributed by atoms with E-state index in [-0.39, 0.29) is 0 Å². The molecule has 3 atom stereocenters. The second-order valence-corrected chi connectivity index (χ2v) is 4.48. The first-order valence-corrected chi connectivity index (χ1v) is 5.49. The minimum atomic E-state index is 0.688. The van der Waals surface area contributed by atoms with Crippen LogP contribution in [0.5, 0.6) is 0 Å². The number of aromatic nitrogens is 2. The molecular formula is C11H19N3. The van der Waals surface area contributed by atoms with E-state index in [1.807, 2.05) is 6.07 Å². The number of hydrogen-bond donors (Lipinski definition) is 2. The number of nitrogens with one attached hydrogen (secondary N) is 2. The first kappa shape index (κ1) is 9.71. The summed E-state index contributed by atoms with van der Waals surface area (Å²) in [4.78, 5) is 0. The summed E-state index contributed by atoms with van der Waals surface area (Å²) < 4.78 is 0. The van der Waals surface area contributed by atoms with Crippen molar-refractivity contribution >= 4 is 0 Å². The number of rotatable bonds is 3. The number of H-pyrrole nitrogens is 1. The lowest BCUT2D eigenvalue weighted by Crippen LogP contribution is -2.31. The summed E-state index contributed by atoms with van der Waals surface area (Å²) in [5.74, 6) is 1.67. The molecule has 0 radical (unpaired) electrons. The van der Waals surface area contributed by atoms with E-state index in [1.54, 1.807) is 6.20 Å². The van der Waals surface area contributed by atoms with Gasteiger partial charge in [0.25, 0.3) is 0 Å². The van der Waals surface area contributed by atoms with Crippen molar-refractivity contribution in [2.45, 2.75) is 39.3 Å². The maximum atomic E-state index is 3.94. The molecule has 0 spiro atoms. The van der Waals surface area contributed by atoms with Crippen LogP contribution >= 0.6 is 0 Å². The molecule has 0 amide bonds. The predicted octanol–water partition coefficient (Wildman–Crippen LogP) is 1.93. The van der Waals surface area contributed by atoms with Gasteiger partial charge >= 0.3 is 0 Å². The largest absolute Gasteiger partial charge is 0.308 e. The van der Waals surface area contributed by atoms with Gasteiger partial charge in [0.1, 0.15) is 0 Å². The van der Waals surface area contributed by atoms with Gasteiger partial charge in [-0.1, -0.05) is 13.8 Å². The molecular weight excluding hydrogens is 174 g/mol. The Morgan fingerprint density at radius 2 is 2.36 bits per heavy atom. The van der Waals surface area contributed by atoms with Crippen LogP contribution in [0.2, 0.25) is 0 Å². The van der Waals surface area contributed by atoms with Crippen molar-refractivity contribution in [3.05, 3.63) is 18.0 Å². The molecule has 1 heterocycles. The van der Waals surface area contributed by atoms with Gasteiger partial charge in [-0.05, 0) is 30.7 Å². The third-order valence-corrected chi connectivity index (χ3v) is 3.58. The molecule has 0 aromatic carbocycles. The highest BCUT2D eigenvalue weighted by molar-refractivity contribution is 4.98. The monoisotopic (exact) mass is 193 g/mol. The average Bonchev–Trinajstić information content (AvgIpc) is 2.77. The first-order valence-electron chi connectivity index (χ1n) is 5.49. The first-order chi connectivity index (χ1) is 6.77. The van der Waals surface area contributed by atoms with Crippen molar-refractivity contribution in [2.75, 3.05) is 0 Å². The molecule has 0 aliphatic heterocycles. The van der Waals surface area contributed by atoms with Gasteiger partial charge < -0.3 is 5.32 Å². The fraction of sp³-hybridized carbons (Fsp3) is 0.727. The van der Waals surface area contributed by atoms with E-state index in [4.69, 9.17) is 0 Å². The summed E-state index contributed by atoms with van der Waals surface area (Å²) in [5.41, 5.74) is 1.18. The van der Waals surface area contributed by atoms with Gasteiger partial charge in [0, 0.05) is 24.5 Å². The normalized spacial score (nSPS) is 32.3. The molecule has 1 aromatic heterocycles. The van der Waals surface area contributed by atoms with Crippen LogP contribution in [-0.4, -0.2) is 16.2 Å². The van der Waals surface area contributed by atoms with Crippen molar-refractivity contribution in [3.63, 3.8) is 0 Å². The Morgan fingerprint density at radius 3 is 2.93 bits per heavy atom. The molecule has 3 unspecified atom stereocenters. The van der Waals surface area contributed by atoms with E-state index in [1.165, 1.54) is 18.5 Å². The van der Waals surface area contributed by atoms with Crippen LogP contribution < -0.4 is 5.32 Å². The summed E-state index contributed by atoms with van der Waals surface area (Å²) in [5, 5.41) is 10.5. The summed E-state index contributed by atoms with van der Waals surface area (Å²) in [6.07, 6.45) is 4.48. The summed E-state index contributed by atoms with van der Waals surface area (Å²) in [7, 11) is 0. The lowest BCUT2D eigenvalue weighted by atomic mass is 9.98. The quantitative estimate of drug-likeness (QED) is 0.770. The van der Waals surface area contributed by atoms with Crippen molar-refractivity contribution in [1.29, 1.82) is 0 Å². The highest BCUT2D eigenvalue weighted by Gasteiger charge is 2.28. The number of aromatic amines is 1. The molecule has 1 fully saturated rings. The molecule has 14 heavy (non-hydrogen) atoms. The number of nitrogens with zero attached hydrogens (tertiary/aromatic N) is 1. The van der Waals surface area contributed by atoms with E-state index < -0.39 is 0 Å². The van der Waals surface area contributed by atoms with Gasteiger partial charge in [0.15, 0.2) is 0 Å². The molecule has 3 nitrogen and oxygen atoms in total. The van der Waals surface area contributed by atoms with Crippen molar-refractivity contribution in [1.82, 2.24) is 15.5 Å². The zero-order valence-electron chi connectivity index (χ0n) is 8.96. The van der Waals surface area contributed by atoms with Crippen LogP contribution in [0.4, 0.5) is 0 Å². The van der Waals surface area contributed by atoms with Crippen LogP contribution in [0.15, 0.2) is 12.3 Å². The fourth-order valence-electron chi connectivity index (χ4n) is 2.28. The Bertz CT molecular complexity index is 268. The predicted molar refractivity (Wildman–Crippen MR) is 56.8 cm³/mol. The van der Waals surface area contributed by atoms with Gasteiger partial charge in [-0.15, -0.1) is 0 Å². The highest BCUT2D eigenvalue weighted by atomic mass is 15.1. The van der Waals surface area contributed by atoms with Crippen LogP contribution in [-0.2, 0) is 6.54 Å². The Hall–Kier alpha value is -0.830. The minimum Gasteiger partial charge on any atom is -0.308 e. The van der Waals surface area contributed by atoms with E-state index in [0.29, 0.717) is 6.04 Å². The molecule has 2 N–H and O–H groups in total. The van der Waals surface area contributed by atoms with Crippen molar-refractivity contribution in [2.24, 2.45) is 11.8 Å². The van der Waals surface area contributed by atoms with Gasteiger partial charge in [0.05, 0.1) is 0 Å². The molecule has 1 saturated carbocycles. The molecule has 78 valence electrons. The van der Waals surface area contributed by atoms with E-state index >= 15 is 0 Å². The van der Waals surface area contributed by atoms with E-state index in [9.17, 15) is 0 Å². The molecule has 0 bridgehead atoms. The Morgan fingerprint density at radius 1 is 1.50 bits per heavy atom. The lowest BCUT2D eigenvalue weighted by molar-refractivity contribution is 0.368. The zero-order chi connectivity index (χ0) is 9.97. The topological polar surface area (TPSA) is 40.7 Å². The molecule has 0 saturated heterocycles. The standard InChI is InChI=1S/C11H19N3/c1-8-3-4-11(9(8)2)12-7-10-5-6-13-14-10/h5-6,8-9,11-12H,3-4,7H2,1-2H3,(H,13,14).